The Bertz CT molecular complexity index is 1740. The molecule has 6 rings (SSSR count). The van der Waals surface area contributed by atoms with Gasteiger partial charge < -0.3 is 18.3 Å². The summed E-state index contributed by atoms with van der Waals surface area (Å²) in [5.41, 5.74) is 2.04. The number of para-hydroxylation sites is 2. The van der Waals surface area contributed by atoms with Crippen molar-refractivity contribution in [3.8, 4) is 11.5 Å². The largest absolute Gasteiger partial charge is 0.493 e. The van der Waals surface area contributed by atoms with Crippen LogP contribution in [0.2, 0.25) is 0 Å². The molecule has 190 valence electrons. The molecule has 0 N–H and O–H groups in total. The van der Waals surface area contributed by atoms with Gasteiger partial charge in [-0.2, -0.15) is 0 Å². The zero-order valence-corrected chi connectivity index (χ0v) is 20.8. The van der Waals surface area contributed by atoms with E-state index in [1.807, 2.05) is 48.5 Å². The highest BCUT2D eigenvalue weighted by Crippen LogP contribution is 2.27. The summed E-state index contributed by atoms with van der Waals surface area (Å²) in [6.07, 6.45) is 3.60. The first-order valence-corrected chi connectivity index (χ1v) is 12.9. The summed E-state index contributed by atoms with van der Waals surface area (Å²) in [6, 6.07) is 25.4. The second-order valence-electron chi connectivity index (χ2n) is 9.22. The molecule has 0 aliphatic rings. The van der Waals surface area contributed by atoms with Gasteiger partial charge in [-0.3, -0.25) is 9.59 Å². The van der Waals surface area contributed by atoms with E-state index in [9.17, 15) is 9.59 Å². The zero-order chi connectivity index (χ0) is 25.9. The molecule has 2 heterocycles. The van der Waals surface area contributed by atoms with Crippen molar-refractivity contribution in [2.45, 2.75) is 25.7 Å². The summed E-state index contributed by atoms with van der Waals surface area (Å²) in [7, 11) is 0. The Morgan fingerprint density at radius 3 is 1.37 bits per heavy atom. The number of hydrogen-bond donors (Lipinski definition) is 0. The molecule has 0 radical (unpaired) electrons. The lowest BCUT2D eigenvalue weighted by Crippen LogP contribution is -2.07. The molecule has 0 aliphatic carbocycles. The van der Waals surface area contributed by atoms with Gasteiger partial charge in [0.2, 0.25) is 10.9 Å². The lowest BCUT2D eigenvalue weighted by molar-refractivity contribution is 0.290. The molecule has 0 atom stereocenters. The van der Waals surface area contributed by atoms with E-state index >= 15 is 0 Å². The van der Waals surface area contributed by atoms with Crippen LogP contribution in [0, 0.1) is 0 Å². The monoisotopic (exact) mass is 506 g/mol. The molecule has 0 aliphatic heterocycles. The van der Waals surface area contributed by atoms with E-state index in [1.54, 1.807) is 36.4 Å². The summed E-state index contributed by atoms with van der Waals surface area (Å²) in [5.74, 6) is 1.10. The first kappa shape index (κ1) is 23.8. The molecule has 0 saturated heterocycles. The van der Waals surface area contributed by atoms with Crippen LogP contribution in [0.3, 0.4) is 0 Å². The van der Waals surface area contributed by atoms with Gasteiger partial charge in [0.05, 0.1) is 24.0 Å². The van der Waals surface area contributed by atoms with Gasteiger partial charge >= 0.3 is 0 Å². The molecular formula is C32H26O6. The van der Waals surface area contributed by atoms with E-state index in [4.69, 9.17) is 18.3 Å². The first-order valence-electron chi connectivity index (χ1n) is 12.9. The van der Waals surface area contributed by atoms with Gasteiger partial charge in [0.15, 0.2) is 0 Å². The third-order valence-corrected chi connectivity index (χ3v) is 6.69. The van der Waals surface area contributed by atoms with Crippen LogP contribution in [-0.2, 0) is 0 Å². The minimum absolute atomic E-state index is 0.0786. The maximum Gasteiger partial charge on any atom is 0.204 e. The van der Waals surface area contributed by atoms with Gasteiger partial charge in [-0.1, -0.05) is 36.4 Å². The summed E-state index contributed by atoms with van der Waals surface area (Å²) in [4.78, 5) is 26.0. The van der Waals surface area contributed by atoms with Crippen LogP contribution in [0.5, 0.6) is 11.5 Å². The number of fused-ring (bicyclic) bond motifs is 4. The second-order valence-corrected chi connectivity index (χ2v) is 9.22. The van der Waals surface area contributed by atoms with Gasteiger partial charge in [0.1, 0.15) is 44.6 Å². The molecule has 0 spiro atoms. The Morgan fingerprint density at radius 1 is 0.474 bits per heavy atom. The van der Waals surface area contributed by atoms with Crippen molar-refractivity contribution in [1.29, 1.82) is 0 Å². The Labute approximate surface area is 218 Å². The summed E-state index contributed by atoms with van der Waals surface area (Å²) in [6.45, 7) is 1.01. The normalized spacial score (nSPS) is 11.5. The van der Waals surface area contributed by atoms with Crippen molar-refractivity contribution < 1.29 is 18.3 Å². The molecule has 4 aromatic carbocycles. The standard InChI is InChI=1S/C32H26O6/c33-31-21-11-3-5-13-23(21)37-27-17-9-15-25(29(27)31)35-19-7-1-2-8-20-36-26-16-10-18-28-30(26)32(34)22-12-4-6-14-24(22)38-28/h3-6,9-18H,1-2,7-8,19-20H2. The second kappa shape index (κ2) is 10.4. The Kier molecular flexibility index (Phi) is 6.53. The van der Waals surface area contributed by atoms with Crippen molar-refractivity contribution >= 4 is 43.9 Å². The molecule has 6 heteroatoms. The van der Waals surface area contributed by atoms with Crippen LogP contribution in [0.25, 0.3) is 43.9 Å². The molecule has 6 aromatic rings. The van der Waals surface area contributed by atoms with Crippen LogP contribution in [0.1, 0.15) is 25.7 Å². The minimum Gasteiger partial charge on any atom is -0.493 e. The lowest BCUT2D eigenvalue weighted by atomic mass is 10.1. The number of rotatable bonds is 9. The predicted molar refractivity (Wildman–Crippen MR) is 149 cm³/mol. The van der Waals surface area contributed by atoms with Crippen molar-refractivity contribution in [3.63, 3.8) is 0 Å². The third kappa shape index (κ3) is 4.50. The van der Waals surface area contributed by atoms with Crippen molar-refractivity contribution in [2.75, 3.05) is 13.2 Å². The van der Waals surface area contributed by atoms with Crippen molar-refractivity contribution in [3.05, 3.63) is 105 Å². The quantitative estimate of drug-likeness (QED) is 0.152. The first-order chi connectivity index (χ1) is 18.7. The van der Waals surface area contributed by atoms with Crippen molar-refractivity contribution in [1.82, 2.24) is 0 Å². The van der Waals surface area contributed by atoms with Gasteiger partial charge in [-0.05, 0) is 74.2 Å². The van der Waals surface area contributed by atoms with E-state index in [2.05, 4.69) is 0 Å². The highest BCUT2D eigenvalue weighted by molar-refractivity contribution is 5.94. The summed E-state index contributed by atoms with van der Waals surface area (Å²) >= 11 is 0. The molecule has 0 unspecified atom stereocenters. The smallest absolute Gasteiger partial charge is 0.204 e. The highest BCUT2D eigenvalue weighted by atomic mass is 16.5. The fourth-order valence-electron chi connectivity index (χ4n) is 4.79. The summed E-state index contributed by atoms with van der Waals surface area (Å²) in [5, 5.41) is 2.06. The van der Waals surface area contributed by atoms with E-state index in [-0.39, 0.29) is 10.9 Å². The predicted octanol–water partition coefficient (Wildman–Crippen LogP) is 7.22. The van der Waals surface area contributed by atoms with Crippen molar-refractivity contribution in [2.24, 2.45) is 0 Å². The van der Waals surface area contributed by atoms with Crippen LogP contribution < -0.4 is 20.3 Å². The van der Waals surface area contributed by atoms with Crippen LogP contribution in [0.15, 0.2) is 103 Å². The maximum absolute atomic E-state index is 13.0. The number of hydrogen-bond acceptors (Lipinski definition) is 6. The van der Waals surface area contributed by atoms with Crippen LogP contribution in [-0.4, -0.2) is 13.2 Å². The van der Waals surface area contributed by atoms with E-state index in [0.29, 0.717) is 68.6 Å². The highest BCUT2D eigenvalue weighted by Gasteiger charge is 2.13. The fraction of sp³-hybridized carbons (Fsp3) is 0.188. The van der Waals surface area contributed by atoms with Crippen LogP contribution >= 0.6 is 0 Å². The molecule has 0 saturated carbocycles. The maximum atomic E-state index is 13.0. The third-order valence-electron chi connectivity index (χ3n) is 6.69. The number of ether oxygens (including phenoxy) is 2. The Morgan fingerprint density at radius 2 is 0.895 bits per heavy atom. The number of unbranched alkanes of at least 4 members (excludes halogenated alkanes) is 3. The molecular weight excluding hydrogens is 480 g/mol. The Hall–Kier alpha value is -4.58. The molecule has 0 fully saturated rings. The zero-order valence-electron chi connectivity index (χ0n) is 20.8. The topological polar surface area (TPSA) is 78.9 Å². The van der Waals surface area contributed by atoms with Gasteiger partial charge in [0.25, 0.3) is 0 Å². The van der Waals surface area contributed by atoms with E-state index < -0.39 is 0 Å². The molecule has 38 heavy (non-hydrogen) atoms. The van der Waals surface area contributed by atoms with Gasteiger partial charge in [0, 0.05) is 0 Å². The molecule has 0 amide bonds. The average Bonchev–Trinajstić information content (AvgIpc) is 2.94. The molecule has 2 aromatic heterocycles. The molecule has 6 nitrogen and oxygen atoms in total. The Balaban J connectivity index is 1.03. The summed E-state index contributed by atoms with van der Waals surface area (Å²) < 4.78 is 23.8. The molecule has 0 bridgehead atoms. The SMILES string of the molecule is O=c1c2ccccc2oc2cccc(OCCCCCCOc3cccc4oc5ccccc5c(=O)c34)c12. The average molecular weight is 507 g/mol. The fourth-order valence-corrected chi connectivity index (χ4v) is 4.79. The van der Waals surface area contributed by atoms with Gasteiger partial charge in [-0.25, -0.2) is 0 Å². The van der Waals surface area contributed by atoms with E-state index in [1.165, 1.54) is 0 Å². The van der Waals surface area contributed by atoms with E-state index in [0.717, 1.165) is 25.7 Å². The minimum atomic E-state index is -0.0786. The van der Waals surface area contributed by atoms with Gasteiger partial charge in [-0.15, -0.1) is 0 Å². The lowest BCUT2D eigenvalue weighted by Gasteiger charge is -2.10. The number of benzene rings is 4. The van der Waals surface area contributed by atoms with Crippen LogP contribution in [0.4, 0.5) is 0 Å².